The van der Waals surface area contributed by atoms with Crippen LogP contribution in [0.3, 0.4) is 0 Å². The van der Waals surface area contributed by atoms with Crippen molar-refractivity contribution in [2.45, 2.75) is 13.8 Å². The van der Waals surface area contributed by atoms with E-state index in [-0.39, 0.29) is 19.8 Å². The Kier molecular flexibility index (Phi) is 12.9. The Bertz CT molecular complexity index is 853. The first kappa shape index (κ1) is 25.6. The fraction of sp³-hybridized carbons (Fsp3) is 0.111. The van der Waals surface area contributed by atoms with Crippen LogP contribution in [-0.2, 0) is 29.4 Å². The first-order valence-electron chi connectivity index (χ1n) is 7.70. The molecule has 0 aliphatic heterocycles. The van der Waals surface area contributed by atoms with Crippen molar-refractivity contribution in [1.29, 1.82) is 0 Å². The van der Waals surface area contributed by atoms with E-state index in [0.717, 1.165) is 11.4 Å². The van der Waals surface area contributed by atoms with E-state index in [1.165, 1.54) is 0 Å². The van der Waals surface area contributed by atoms with Gasteiger partial charge in [0.1, 0.15) is 0 Å². The summed E-state index contributed by atoms with van der Waals surface area (Å²) < 4.78 is 0. The van der Waals surface area contributed by atoms with Crippen molar-refractivity contribution >= 4 is 13.6 Å². The van der Waals surface area contributed by atoms with Gasteiger partial charge in [-0.25, -0.2) is 0 Å². The Morgan fingerprint density at radius 1 is 0.690 bits per heavy atom. The molecule has 4 heterocycles. The van der Waals surface area contributed by atoms with Gasteiger partial charge in [-0.1, -0.05) is 12.1 Å². The summed E-state index contributed by atoms with van der Waals surface area (Å²) in [6, 6.07) is 11.2. The average molecular weight is 567 g/mol. The van der Waals surface area contributed by atoms with Crippen LogP contribution in [0.5, 0.6) is 0 Å². The zero-order valence-corrected chi connectivity index (χ0v) is 18.1. The summed E-state index contributed by atoms with van der Waals surface area (Å²) in [5.74, 6) is 2.53. The van der Waals surface area contributed by atoms with Crippen LogP contribution < -0.4 is 10.2 Å². The van der Waals surface area contributed by atoms with Gasteiger partial charge in [0.05, 0.1) is 11.4 Å². The maximum atomic E-state index is 7.75. The second-order valence-electron chi connectivity index (χ2n) is 4.80. The van der Waals surface area contributed by atoms with Crippen LogP contribution in [0.15, 0.2) is 48.8 Å². The van der Waals surface area contributed by atoms with Gasteiger partial charge in [-0.05, 0) is 49.8 Å². The molecule has 148 valence electrons. The van der Waals surface area contributed by atoms with Crippen molar-refractivity contribution in [2.75, 3.05) is 0 Å². The van der Waals surface area contributed by atoms with Crippen molar-refractivity contribution in [3.05, 3.63) is 60.4 Å². The van der Waals surface area contributed by atoms with E-state index in [9.17, 15) is 0 Å². The summed E-state index contributed by atoms with van der Waals surface area (Å²) in [5, 5.41) is 15.3. The summed E-state index contributed by atoms with van der Waals surface area (Å²) in [5.41, 5.74) is 1.52. The van der Waals surface area contributed by atoms with Gasteiger partial charge in [-0.2, -0.15) is 0 Å². The fourth-order valence-corrected chi connectivity index (χ4v) is 1.84. The van der Waals surface area contributed by atoms with Gasteiger partial charge >= 0.3 is 19.8 Å². The zero-order valence-electron chi connectivity index (χ0n) is 15.5. The molecule has 0 atom stereocenters. The van der Waals surface area contributed by atoms with E-state index in [4.69, 9.17) is 9.59 Å². The first-order valence-corrected chi connectivity index (χ1v) is 7.70. The standard InChI is InChI=1S/2C8H7N4.2CHO.Os/c2*1-6-10-8(12-11-6)7-4-2-3-5-9-7;2*1-2;/h2*2-5H,1H3;2*1H;/q4*-1;+4. The molecule has 29 heavy (non-hydrogen) atoms. The molecule has 4 aromatic rings. The SMILES string of the molecule is Cc1n[n-]c(-c2ccccn2)n1.Cc1n[n-]c(-c2ccccn2)n1.[CH-]=O.[CH-]=O.[Os+4]. The Morgan fingerprint density at radius 3 is 1.31 bits per heavy atom. The maximum absolute atomic E-state index is 7.75. The molecule has 0 radical (unpaired) electrons. The molecule has 11 heteroatoms. The topological polar surface area (TPSA) is 140 Å². The third-order valence-corrected chi connectivity index (χ3v) is 2.90. The minimum Gasteiger partial charge on any atom is -0.545 e. The number of hydrogen-bond acceptors (Lipinski definition) is 8. The van der Waals surface area contributed by atoms with E-state index in [1.54, 1.807) is 26.2 Å². The van der Waals surface area contributed by atoms with Crippen LogP contribution in [0.4, 0.5) is 0 Å². The molecular weight excluding hydrogens is 550 g/mol. The molecule has 0 unspecified atom stereocenters. The third-order valence-electron chi connectivity index (χ3n) is 2.90. The number of aromatic nitrogens is 8. The Balaban J connectivity index is 0.000000449. The molecule has 4 aromatic heterocycles. The molecule has 0 fully saturated rings. The summed E-state index contributed by atoms with van der Waals surface area (Å²) in [7, 11) is 0. The summed E-state index contributed by atoms with van der Waals surface area (Å²) in [4.78, 5) is 31.9. The quantitative estimate of drug-likeness (QED) is 0.256. The first-order chi connectivity index (χ1) is 13.7. The molecule has 0 aliphatic rings. The molecule has 0 saturated carbocycles. The third kappa shape index (κ3) is 8.40. The molecule has 0 bridgehead atoms. The molecular formula is C18H16N8O2Os. The number of rotatable bonds is 2. The summed E-state index contributed by atoms with van der Waals surface area (Å²) in [6.45, 7) is 10.1. The molecule has 4 rings (SSSR count). The van der Waals surface area contributed by atoms with Gasteiger partial charge in [0.15, 0.2) is 0 Å². The predicted molar refractivity (Wildman–Crippen MR) is 100 cm³/mol. The monoisotopic (exact) mass is 568 g/mol. The van der Waals surface area contributed by atoms with Crippen LogP contribution in [0.25, 0.3) is 23.0 Å². The van der Waals surface area contributed by atoms with E-state index in [1.807, 2.05) is 36.4 Å². The molecule has 0 amide bonds. The summed E-state index contributed by atoms with van der Waals surface area (Å²) >= 11 is 0. The second kappa shape index (κ2) is 14.6. The number of carbonyl (C=O) groups excluding carboxylic acids is 2. The molecule has 0 spiro atoms. The second-order valence-corrected chi connectivity index (χ2v) is 4.80. The molecule has 10 nitrogen and oxygen atoms in total. The largest absolute Gasteiger partial charge is 4.00 e. The van der Waals surface area contributed by atoms with Crippen LogP contribution in [-0.4, -0.2) is 43.7 Å². The van der Waals surface area contributed by atoms with Gasteiger partial charge in [-0.15, -0.1) is 0 Å². The van der Waals surface area contributed by atoms with Crippen molar-refractivity contribution in [3.8, 4) is 23.0 Å². The molecule has 0 N–H and O–H groups in total. The van der Waals surface area contributed by atoms with Crippen LogP contribution >= 0.6 is 0 Å². The van der Waals surface area contributed by atoms with E-state index < -0.39 is 0 Å². The Labute approximate surface area is 180 Å². The van der Waals surface area contributed by atoms with Gasteiger partial charge in [0.2, 0.25) is 0 Å². The average Bonchev–Trinajstić information content (AvgIpc) is 3.41. The van der Waals surface area contributed by atoms with Crippen molar-refractivity contribution in [3.63, 3.8) is 0 Å². The van der Waals surface area contributed by atoms with Gasteiger partial charge in [0, 0.05) is 24.0 Å². The predicted octanol–water partition coefficient (Wildman–Crippen LogP) is 1.06. The fourth-order valence-electron chi connectivity index (χ4n) is 1.84. The number of pyridine rings is 2. The Morgan fingerprint density at radius 2 is 1.07 bits per heavy atom. The van der Waals surface area contributed by atoms with E-state index in [0.29, 0.717) is 23.3 Å². The summed E-state index contributed by atoms with van der Waals surface area (Å²) in [6.07, 6.45) is 3.42. The van der Waals surface area contributed by atoms with Gasteiger partial charge < -0.3 is 29.8 Å². The van der Waals surface area contributed by atoms with E-state index >= 15 is 0 Å². The van der Waals surface area contributed by atoms with Crippen molar-refractivity contribution in [1.82, 2.24) is 40.3 Å². The maximum Gasteiger partial charge on any atom is 4.00 e. The number of nitrogens with zero attached hydrogens (tertiary/aromatic N) is 8. The zero-order chi connectivity index (χ0) is 20.8. The molecule has 0 aromatic carbocycles. The van der Waals surface area contributed by atoms with E-state index in [2.05, 4.69) is 53.9 Å². The normalized spacial score (nSPS) is 8.62. The molecule has 0 saturated heterocycles. The van der Waals surface area contributed by atoms with Crippen molar-refractivity contribution in [2.24, 2.45) is 0 Å². The van der Waals surface area contributed by atoms with Crippen LogP contribution in [0.2, 0.25) is 0 Å². The van der Waals surface area contributed by atoms with Gasteiger partial charge in [0.25, 0.3) is 0 Å². The van der Waals surface area contributed by atoms with Crippen LogP contribution in [0.1, 0.15) is 11.6 Å². The van der Waals surface area contributed by atoms with Crippen molar-refractivity contribution < 1.29 is 29.4 Å². The smallest absolute Gasteiger partial charge is 0.545 e. The van der Waals surface area contributed by atoms with Crippen LogP contribution in [0, 0.1) is 13.8 Å². The van der Waals surface area contributed by atoms with Gasteiger partial charge in [-0.3, -0.25) is 33.7 Å². The minimum atomic E-state index is 0. The Hall–Kier alpha value is -3.44. The minimum absolute atomic E-state index is 0. The molecule has 0 aliphatic carbocycles. The number of hydrogen-bond donors (Lipinski definition) is 0. The number of aryl methyl sites for hydroxylation is 2.